The second-order valence-corrected chi connectivity index (χ2v) is 5.03. The molecule has 0 aliphatic carbocycles. The van der Waals surface area contributed by atoms with Gasteiger partial charge in [0, 0.05) is 0 Å². The van der Waals surface area contributed by atoms with Gasteiger partial charge in [-0.15, -0.1) is 0 Å². The molecule has 99 valence electrons. The van der Waals surface area contributed by atoms with Gasteiger partial charge in [0.1, 0.15) is 0 Å². The van der Waals surface area contributed by atoms with Crippen LogP contribution in [0, 0.1) is 0 Å². The molecule has 0 bridgehead atoms. The van der Waals surface area contributed by atoms with E-state index in [-0.39, 0.29) is 5.75 Å². The van der Waals surface area contributed by atoms with Gasteiger partial charge in [-0.3, -0.25) is 5.11 Å². The molecular weight excluding hydrogens is 232 g/mol. The first-order valence-electron chi connectivity index (χ1n) is 7.16. The predicted octanol–water partition coefficient (Wildman–Crippen LogP) is 5.62. The van der Waals surface area contributed by atoms with E-state index < -0.39 is 0 Å². The molecular formula is C18H21O. The fourth-order valence-corrected chi connectivity index (χ4v) is 2.27. The molecule has 0 aromatic heterocycles. The molecule has 2 aromatic rings. The number of hydrogen-bond donors (Lipinski definition) is 0. The Bertz CT molecular complexity index is 482. The van der Waals surface area contributed by atoms with E-state index in [1.165, 1.54) is 43.2 Å². The smallest absolute Gasteiger partial charge is 0.178 e. The first-order valence-corrected chi connectivity index (χ1v) is 7.16. The second-order valence-electron chi connectivity index (χ2n) is 5.03. The van der Waals surface area contributed by atoms with Crippen LogP contribution in [-0.2, 0) is 11.5 Å². The van der Waals surface area contributed by atoms with Crippen molar-refractivity contribution in [1.82, 2.24) is 0 Å². The highest BCUT2D eigenvalue weighted by molar-refractivity contribution is 5.64. The van der Waals surface area contributed by atoms with Gasteiger partial charge >= 0.3 is 0 Å². The van der Waals surface area contributed by atoms with Gasteiger partial charge in [-0.25, -0.2) is 0 Å². The van der Waals surface area contributed by atoms with E-state index in [1.54, 1.807) is 12.1 Å². The van der Waals surface area contributed by atoms with Crippen molar-refractivity contribution in [3.05, 3.63) is 54.1 Å². The summed E-state index contributed by atoms with van der Waals surface area (Å²) in [4.78, 5) is 0. The fraction of sp³-hybridized carbons (Fsp3) is 0.333. The third-order valence-corrected chi connectivity index (χ3v) is 3.46. The second kappa shape index (κ2) is 6.98. The van der Waals surface area contributed by atoms with Gasteiger partial charge in [0.25, 0.3) is 0 Å². The van der Waals surface area contributed by atoms with E-state index in [1.807, 2.05) is 12.1 Å². The zero-order valence-electron chi connectivity index (χ0n) is 11.6. The highest BCUT2D eigenvalue weighted by Gasteiger charge is 1.99. The van der Waals surface area contributed by atoms with Crippen LogP contribution in [0.4, 0.5) is 0 Å². The minimum Gasteiger partial charge on any atom is -0.290 e. The van der Waals surface area contributed by atoms with Crippen LogP contribution in [0.15, 0.2) is 48.5 Å². The topological polar surface area (TPSA) is 19.9 Å². The van der Waals surface area contributed by atoms with Crippen LogP contribution in [0.1, 0.15) is 38.2 Å². The monoisotopic (exact) mass is 253 g/mol. The predicted molar refractivity (Wildman–Crippen MR) is 79.9 cm³/mol. The normalized spacial score (nSPS) is 10.6. The van der Waals surface area contributed by atoms with Gasteiger partial charge in [-0.05, 0) is 41.7 Å². The van der Waals surface area contributed by atoms with Gasteiger partial charge < -0.3 is 0 Å². The number of hydrogen-bond acceptors (Lipinski definition) is 0. The summed E-state index contributed by atoms with van der Waals surface area (Å²) >= 11 is 0. The molecule has 0 fully saturated rings. The zero-order valence-corrected chi connectivity index (χ0v) is 11.6. The lowest BCUT2D eigenvalue weighted by atomic mass is 10.0. The van der Waals surface area contributed by atoms with Crippen LogP contribution < -0.4 is 0 Å². The Morgan fingerprint density at radius 3 is 1.89 bits per heavy atom. The third-order valence-electron chi connectivity index (χ3n) is 3.46. The van der Waals surface area contributed by atoms with Crippen LogP contribution in [0.2, 0.25) is 0 Å². The minimum atomic E-state index is 0.0660. The summed E-state index contributed by atoms with van der Waals surface area (Å²) in [6, 6.07) is 15.7. The quantitative estimate of drug-likeness (QED) is 0.595. The molecule has 0 amide bonds. The summed E-state index contributed by atoms with van der Waals surface area (Å²) in [5, 5.41) is 11.1. The number of unbranched alkanes of at least 4 members (excludes halogenated alkanes) is 3. The lowest BCUT2D eigenvalue weighted by Gasteiger charge is -2.04. The SMILES string of the molecule is CCCCCCc1ccc(-c2ccc([O])cc2)cc1. The molecule has 0 unspecified atom stereocenters. The largest absolute Gasteiger partial charge is 0.290 e. The van der Waals surface area contributed by atoms with E-state index in [9.17, 15) is 5.11 Å². The standard InChI is InChI=1S/C18H21O/c1-2-3-4-5-6-15-7-9-16(10-8-15)17-11-13-18(19)14-12-17/h7-14H,2-6H2,1H3. The van der Waals surface area contributed by atoms with Crippen LogP contribution in [0.5, 0.6) is 5.75 Å². The summed E-state index contributed by atoms with van der Waals surface area (Å²) < 4.78 is 0. The maximum absolute atomic E-state index is 11.1. The molecule has 1 nitrogen and oxygen atoms in total. The molecule has 0 spiro atoms. The number of rotatable bonds is 6. The van der Waals surface area contributed by atoms with Gasteiger partial charge in [0.2, 0.25) is 0 Å². The van der Waals surface area contributed by atoms with Crippen molar-refractivity contribution in [3.8, 4) is 16.9 Å². The lowest BCUT2D eigenvalue weighted by molar-refractivity contribution is 0.355. The number of aryl methyl sites for hydroxylation is 1. The molecule has 0 heterocycles. The Balaban J connectivity index is 1.96. The molecule has 19 heavy (non-hydrogen) atoms. The van der Waals surface area contributed by atoms with E-state index in [4.69, 9.17) is 0 Å². The molecule has 1 heteroatoms. The fourth-order valence-electron chi connectivity index (χ4n) is 2.27. The minimum absolute atomic E-state index is 0.0660. The summed E-state index contributed by atoms with van der Waals surface area (Å²) in [7, 11) is 0. The summed E-state index contributed by atoms with van der Waals surface area (Å²) in [6.45, 7) is 2.24. The van der Waals surface area contributed by atoms with Gasteiger partial charge in [0.15, 0.2) is 5.75 Å². The average molecular weight is 253 g/mol. The molecule has 0 saturated carbocycles. The molecule has 2 aromatic carbocycles. The van der Waals surface area contributed by atoms with Crippen molar-refractivity contribution < 1.29 is 5.11 Å². The van der Waals surface area contributed by atoms with Gasteiger partial charge in [-0.2, -0.15) is 0 Å². The van der Waals surface area contributed by atoms with Crippen molar-refractivity contribution in [2.24, 2.45) is 0 Å². The summed E-state index contributed by atoms with van der Waals surface area (Å²) in [5.74, 6) is 0.0660. The highest BCUT2D eigenvalue weighted by Crippen LogP contribution is 2.22. The van der Waals surface area contributed by atoms with Crippen molar-refractivity contribution in [2.45, 2.75) is 39.0 Å². The van der Waals surface area contributed by atoms with E-state index in [2.05, 4.69) is 31.2 Å². The van der Waals surface area contributed by atoms with Crippen molar-refractivity contribution in [3.63, 3.8) is 0 Å². The molecule has 0 N–H and O–H groups in total. The molecule has 2 rings (SSSR count). The van der Waals surface area contributed by atoms with Gasteiger partial charge in [0.05, 0.1) is 0 Å². The Labute approximate surface area is 115 Å². The highest BCUT2D eigenvalue weighted by atomic mass is 16.3. The Kier molecular flexibility index (Phi) is 5.02. The van der Waals surface area contributed by atoms with Crippen LogP contribution in [-0.4, -0.2) is 0 Å². The molecule has 0 atom stereocenters. The Morgan fingerprint density at radius 2 is 1.32 bits per heavy atom. The first-order chi connectivity index (χ1) is 9.29. The lowest BCUT2D eigenvalue weighted by Crippen LogP contribution is -1.86. The van der Waals surface area contributed by atoms with E-state index in [0.29, 0.717) is 0 Å². The Hall–Kier alpha value is -1.76. The van der Waals surface area contributed by atoms with Crippen LogP contribution in [0.25, 0.3) is 11.1 Å². The zero-order chi connectivity index (χ0) is 13.5. The van der Waals surface area contributed by atoms with Crippen LogP contribution in [0.3, 0.4) is 0 Å². The average Bonchev–Trinajstić information content (AvgIpc) is 2.45. The number of benzene rings is 2. The molecule has 0 aliphatic heterocycles. The molecule has 1 radical (unpaired) electrons. The summed E-state index contributed by atoms with van der Waals surface area (Å²) in [5.41, 5.74) is 3.69. The first kappa shape index (κ1) is 13.7. The Morgan fingerprint density at radius 1 is 0.737 bits per heavy atom. The third kappa shape index (κ3) is 4.13. The summed E-state index contributed by atoms with van der Waals surface area (Å²) in [6.07, 6.45) is 6.38. The van der Waals surface area contributed by atoms with E-state index in [0.717, 1.165) is 5.56 Å². The molecule has 0 saturated heterocycles. The van der Waals surface area contributed by atoms with Crippen molar-refractivity contribution >= 4 is 0 Å². The molecule has 0 aliphatic rings. The maximum atomic E-state index is 11.1. The van der Waals surface area contributed by atoms with Crippen LogP contribution >= 0.6 is 0 Å². The van der Waals surface area contributed by atoms with E-state index >= 15 is 0 Å². The van der Waals surface area contributed by atoms with Crippen molar-refractivity contribution in [2.75, 3.05) is 0 Å². The maximum Gasteiger partial charge on any atom is 0.178 e. The van der Waals surface area contributed by atoms with Gasteiger partial charge in [-0.1, -0.05) is 62.6 Å². The van der Waals surface area contributed by atoms with Crippen molar-refractivity contribution in [1.29, 1.82) is 0 Å².